The SMILES string of the molecule is CNCc1cc(C)nc(N(C)CCc2ccncc2)c1. The van der Waals surface area contributed by atoms with Gasteiger partial charge >= 0.3 is 0 Å². The Bertz CT molecular complexity index is 539. The summed E-state index contributed by atoms with van der Waals surface area (Å²) in [5.41, 5.74) is 3.63. The topological polar surface area (TPSA) is 41.1 Å². The summed E-state index contributed by atoms with van der Waals surface area (Å²) >= 11 is 0. The molecule has 0 amide bonds. The summed E-state index contributed by atoms with van der Waals surface area (Å²) in [5, 5.41) is 3.18. The van der Waals surface area contributed by atoms with Crippen LogP contribution in [0.25, 0.3) is 0 Å². The van der Waals surface area contributed by atoms with Gasteiger partial charge in [0.25, 0.3) is 0 Å². The summed E-state index contributed by atoms with van der Waals surface area (Å²) in [5.74, 6) is 1.03. The quantitative estimate of drug-likeness (QED) is 0.873. The van der Waals surface area contributed by atoms with E-state index in [0.29, 0.717) is 0 Å². The molecule has 0 saturated carbocycles. The Balaban J connectivity index is 2.03. The van der Waals surface area contributed by atoms with Gasteiger partial charge in [-0.15, -0.1) is 0 Å². The third-order valence-corrected chi connectivity index (χ3v) is 3.26. The lowest BCUT2D eigenvalue weighted by Crippen LogP contribution is -2.22. The van der Waals surface area contributed by atoms with Gasteiger partial charge in [-0.3, -0.25) is 4.98 Å². The normalized spacial score (nSPS) is 10.6. The van der Waals surface area contributed by atoms with Crippen LogP contribution in [0.15, 0.2) is 36.7 Å². The molecule has 0 spiro atoms. The van der Waals surface area contributed by atoms with E-state index in [-0.39, 0.29) is 0 Å². The molecule has 2 aromatic rings. The maximum Gasteiger partial charge on any atom is 0.128 e. The first kappa shape index (κ1) is 14.5. The second-order valence-corrected chi connectivity index (χ2v) is 5.03. The molecule has 0 bridgehead atoms. The van der Waals surface area contributed by atoms with Crippen molar-refractivity contribution in [3.05, 3.63) is 53.5 Å². The summed E-state index contributed by atoms with van der Waals surface area (Å²) in [6.45, 7) is 3.85. The summed E-state index contributed by atoms with van der Waals surface area (Å²) < 4.78 is 0. The molecular weight excluding hydrogens is 248 g/mol. The molecule has 0 unspecified atom stereocenters. The highest BCUT2D eigenvalue weighted by Crippen LogP contribution is 2.14. The maximum absolute atomic E-state index is 4.61. The van der Waals surface area contributed by atoms with Gasteiger partial charge in [-0.1, -0.05) is 0 Å². The molecule has 2 heterocycles. The third kappa shape index (κ3) is 4.03. The molecule has 0 atom stereocenters. The molecule has 0 aliphatic carbocycles. The lowest BCUT2D eigenvalue weighted by Gasteiger charge is -2.19. The Hall–Kier alpha value is -1.94. The molecule has 0 aromatic carbocycles. The molecule has 4 nitrogen and oxygen atoms in total. The lowest BCUT2D eigenvalue weighted by molar-refractivity contribution is 0.806. The van der Waals surface area contributed by atoms with Gasteiger partial charge in [0.2, 0.25) is 0 Å². The number of nitrogens with one attached hydrogen (secondary N) is 1. The average molecular weight is 270 g/mol. The van der Waals surface area contributed by atoms with Crippen LogP contribution in [0.5, 0.6) is 0 Å². The van der Waals surface area contributed by atoms with Crippen molar-refractivity contribution >= 4 is 5.82 Å². The molecular formula is C16H22N4. The summed E-state index contributed by atoms with van der Waals surface area (Å²) in [6.07, 6.45) is 4.67. The van der Waals surface area contributed by atoms with E-state index in [1.54, 1.807) is 0 Å². The van der Waals surface area contributed by atoms with Crippen molar-refractivity contribution in [3.8, 4) is 0 Å². The first-order valence-corrected chi connectivity index (χ1v) is 6.91. The van der Waals surface area contributed by atoms with E-state index < -0.39 is 0 Å². The number of hydrogen-bond acceptors (Lipinski definition) is 4. The summed E-state index contributed by atoms with van der Waals surface area (Å²) in [6, 6.07) is 8.39. The molecule has 106 valence electrons. The Kier molecular flexibility index (Phi) is 5.07. The van der Waals surface area contributed by atoms with Gasteiger partial charge in [0.05, 0.1) is 0 Å². The van der Waals surface area contributed by atoms with Gasteiger partial charge < -0.3 is 10.2 Å². The van der Waals surface area contributed by atoms with E-state index in [0.717, 1.165) is 31.0 Å². The number of aromatic nitrogens is 2. The van der Waals surface area contributed by atoms with Crippen molar-refractivity contribution < 1.29 is 0 Å². The fraction of sp³-hybridized carbons (Fsp3) is 0.375. The highest BCUT2D eigenvalue weighted by molar-refractivity contribution is 5.42. The number of rotatable bonds is 6. The van der Waals surface area contributed by atoms with E-state index >= 15 is 0 Å². The number of anilines is 1. The van der Waals surface area contributed by atoms with E-state index in [2.05, 4.69) is 51.5 Å². The van der Waals surface area contributed by atoms with E-state index in [1.807, 2.05) is 26.4 Å². The Morgan fingerprint density at radius 2 is 1.90 bits per heavy atom. The number of pyridine rings is 2. The smallest absolute Gasteiger partial charge is 0.128 e. The molecule has 4 heteroatoms. The second-order valence-electron chi connectivity index (χ2n) is 5.03. The van der Waals surface area contributed by atoms with Crippen LogP contribution in [0.4, 0.5) is 5.82 Å². The molecule has 0 aliphatic heterocycles. The average Bonchev–Trinajstić information content (AvgIpc) is 2.45. The molecule has 2 aromatic heterocycles. The molecule has 0 saturated heterocycles. The standard InChI is InChI=1S/C16H22N4/c1-13-10-15(12-17-2)11-16(19-13)20(3)9-6-14-4-7-18-8-5-14/h4-5,7-8,10-11,17H,6,9,12H2,1-3H3. The second kappa shape index (κ2) is 7.01. The van der Waals surface area contributed by atoms with Crippen LogP contribution < -0.4 is 10.2 Å². The maximum atomic E-state index is 4.61. The minimum Gasteiger partial charge on any atom is -0.359 e. The Morgan fingerprint density at radius 1 is 1.15 bits per heavy atom. The van der Waals surface area contributed by atoms with Crippen LogP contribution >= 0.6 is 0 Å². The molecule has 0 fully saturated rings. The van der Waals surface area contributed by atoms with E-state index in [9.17, 15) is 0 Å². The van der Waals surface area contributed by atoms with Crippen molar-refractivity contribution in [1.29, 1.82) is 0 Å². The van der Waals surface area contributed by atoms with Crippen LogP contribution in [-0.4, -0.2) is 30.6 Å². The van der Waals surface area contributed by atoms with Crippen LogP contribution in [0.1, 0.15) is 16.8 Å². The van der Waals surface area contributed by atoms with E-state index in [1.165, 1.54) is 11.1 Å². The largest absolute Gasteiger partial charge is 0.359 e. The van der Waals surface area contributed by atoms with Gasteiger partial charge in [-0.25, -0.2) is 4.98 Å². The van der Waals surface area contributed by atoms with Gasteiger partial charge in [-0.2, -0.15) is 0 Å². The first-order chi connectivity index (χ1) is 9.69. The van der Waals surface area contributed by atoms with E-state index in [4.69, 9.17) is 0 Å². The van der Waals surface area contributed by atoms with Crippen LogP contribution in [0.2, 0.25) is 0 Å². The zero-order valence-electron chi connectivity index (χ0n) is 12.4. The molecule has 0 aliphatic rings. The van der Waals surface area contributed by atoms with Crippen molar-refractivity contribution in [1.82, 2.24) is 15.3 Å². The molecule has 20 heavy (non-hydrogen) atoms. The zero-order valence-corrected chi connectivity index (χ0v) is 12.4. The third-order valence-electron chi connectivity index (χ3n) is 3.26. The zero-order chi connectivity index (χ0) is 14.4. The highest BCUT2D eigenvalue weighted by Gasteiger charge is 2.05. The van der Waals surface area contributed by atoms with Gasteiger partial charge in [-0.05, 0) is 55.8 Å². The van der Waals surface area contributed by atoms with Crippen molar-refractivity contribution in [2.45, 2.75) is 19.9 Å². The van der Waals surface area contributed by atoms with Crippen LogP contribution in [0, 0.1) is 6.92 Å². The minimum absolute atomic E-state index is 0.870. The lowest BCUT2D eigenvalue weighted by atomic mass is 10.2. The molecule has 0 radical (unpaired) electrons. The van der Waals surface area contributed by atoms with Crippen LogP contribution in [0.3, 0.4) is 0 Å². The first-order valence-electron chi connectivity index (χ1n) is 6.91. The summed E-state index contributed by atoms with van der Waals surface area (Å²) in [7, 11) is 4.05. The summed E-state index contributed by atoms with van der Waals surface area (Å²) in [4.78, 5) is 10.9. The number of likely N-dealkylation sites (N-methyl/N-ethyl adjacent to an activating group) is 1. The van der Waals surface area contributed by atoms with Crippen molar-refractivity contribution in [2.24, 2.45) is 0 Å². The predicted octanol–water partition coefficient (Wildman–Crippen LogP) is 2.18. The minimum atomic E-state index is 0.870. The van der Waals surface area contributed by atoms with Crippen LogP contribution in [-0.2, 0) is 13.0 Å². The van der Waals surface area contributed by atoms with Crippen molar-refractivity contribution in [3.63, 3.8) is 0 Å². The van der Waals surface area contributed by atoms with Crippen molar-refractivity contribution in [2.75, 3.05) is 25.5 Å². The van der Waals surface area contributed by atoms with Gasteiger partial charge in [0, 0.05) is 38.2 Å². The van der Waals surface area contributed by atoms with Gasteiger partial charge in [0.15, 0.2) is 0 Å². The molecule has 2 rings (SSSR count). The fourth-order valence-electron chi connectivity index (χ4n) is 2.18. The Morgan fingerprint density at radius 3 is 2.60 bits per heavy atom. The number of nitrogens with zero attached hydrogens (tertiary/aromatic N) is 3. The fourth-order valence-corrected chi connectivity index (χ4v) is 2.18. The number of aryl methyl sites for hydroxylation is 1. The Labute approximate surface area is 120 Å². The predicted molar refractivity (Wildman–Crippen MR) is 82.9 cm³/mol. The number of hydrogen-bond donors (Lipinski definition) is 1. The highest BCUT2D eigenvalue weighted by atomic mass is 15.2. The van der Waals surface area contributed by atoms with Gasteiger partial charge in [0.1, 0.15) is 5.82 Å². The molecule has 1 N–H and O–H groups in total. The monoisotopic (exact) mass is 270 g/mol.